The van der Waals surface area contributed by atoms with Crippen molar-refractivity contribution in [2.45, 2.75) is 393 Å². The van der Waals surface area contributed by atoms with Crippen LogP contribution in [0.4, 0.5) is 0 Å². The van der Waals surface area contributed by atoms with Gasteiger partial charge < -0.3 is 33.8 Å². The highest BCUT2D eigenvalue weighted by atomic mass is 31.2. The Labute approximate surface area is 597 Å². The van der Waals surface area contributed by atoms with E-state index in [-0.39, 0.29) is 25.7 Å². The van der Waals surface area contributed by atoms with E-state index in [2.05, 4.69) is 76.3 Å². The minimum absolute atomic E-state index is 0.0869. The Kier molecular flexibility index (Phi) is 70.2. The molecule has 574 valence electrons. The van der Waals surface area contributed by atoms with Gasteiger partial charge in [0.1, 0.15) is 19.3 Å². The average molecular weight is 1430 g/mol. The van der Waals surface area contributed by atoms with Crippen LogP contribution in [0, 0.1) is 0 Å². The predicted molar refractivity (Wildman–Crippen MR) is 400 cm³/mol. The van der Waals surface area contributed by atoms with E-state index < -0.39 is 97.5 Å². The van der Waals surface area contributed by atoms with E-state index in [1.807, 2.05) is 0 Å². The van der Waals surface area contributed by atoms with Crippen molar-refractivity contribution in [3.8, 4) is 0 Å². The molecule has 0 bridgehead atoms. The van der Waals surface area contributed by atoms with Gasteiger partial charge in [-0.25, -0.2) is 9.13 Å². The van der Waals surface area contributed by atoms with Gasteiger partial charge in [-0.1, -0.05) is 288 Å². The van der Waals surface area contributed by atoms with Crippen molar-refractivity contribution in [2.24, 2.45) is 0 Å². The molecule has 0 aromatic heterocycles. The molecule has 0 fully saturated rings. The minimum Gasteiger partial charge on any atom is -0.462 e. The van der Waals surface area contributed by atoms with Crippen molar-refractivity contribution in [3.63, 3.8) is 0 Å². The first-order chi connectivity index (χ1) is 47.7. The lowest BCUT2D eigenvalue weighted by atomic mass is 10.0. The summed E-state index contributed by atoms with van der Waals surface area (Å²) < 4.78 is 68.6. The molecule has 3 N–H and O–H groups in total. The van der Waals surface area contributed by atoms with E-state index in [1.54, 1.807) is 0 Å². The maximum atomic E-state index is 13.1. The van der Waals surface area contributed by atoms with E-state index >= 15 is 0 Å². The fourth-order valence-corrected chi connectivity index (χ4v) is 12.7. The second kappa shape index (κ2) is 72.4. The van der Waals surface area contributed by atoms with Crippen LogP contribution in [0.3, 0.4) is 0 Å². The Morgan fingerprint density at radius 3 is 0.786 bits per heavy atom. The first-order valence-corrected chi connectivity index (χ1v) is 42.9. The molecule has 0 rings (SSSR count). The summed E-state index contributed by atoms with van der Waals surface area (Å²) in [7, 11) is -9.94. The SMILES string of the molecule is CCCCCC=CCC=CCCCCCCCC(=O)OC[C@H](COP(=O)(O)OCC(O)COP(=O)(O)OC[C@@H](COC(=O)CCCCCCCC=CCCCCCCCC)OC(=O)CCCCCCCCCCCCCCC)OC(=O)CCCCCCCC=CCCCCCCCC. The van der Waals surface area contributed by atoms with E-state index in [9.17, 15) is 43.2 Å². The molecule has 3 unspecified atom stereocenters. The third kappa shape index (κ3) is 71.4. The van der Waals surface area contributed by atoms with Crippen molar-refractivity contribution in [2.75, 3.05) is 39.6 Å². The molecule has 0 aromatic rings. The van der Waals surface area contributed by atoms with Crippen molar-refractivity contribution in [1.29, 1.82) is 0 Å². The van der Waals surface area contributed by atoms with Crippen LogP contribution in [-0.4, -0.2) is 96.7 Å². The molecule has 0 heterocycles. The zero-order valence-corrected chi connectivity index (χ0v) is 64.5. The summed E-state index contributed by atoms with van der Waals surface area (Å²) in [4.78, 5) is 72.9. The standard InChI is InChI=1S/C79H146O17P2/c1-5-9-13-17-21-25-29-33-36-40-43-47-51-55-59-63-76(81)89-69-74(95-78(83)65-61-57-53-49-45-39-32-28-24-20-16-12-8-4)71-93-97(85,86)91-67-73(80)68-92-98(87,88)94-72-75(96-79(84)66-62-58-54-50-46-42-38-35-31-27-23-19-15-11-7-3)70-90-77(82)64-60-56-52-48-44-41-37-34-30-26-22-18-14-10-6-2/h22,26,33-38,73-75,80H,5-21,23-25,27-32,39-72H2,1-4H3,(H,85,86)(H,87,88)/t73?,74-,75-/m1/s1. The molecule has 0 amide bonds. The number of aliphatic hydroxyl groups excluding tert-OH is 1. The number of hydrogen-bond acceptors (Lipinski definition) is 15. The molecule has 17 nitrogen and oxygen atoms in total. The molecule has 0 aliphatic rings. The van der Waals surface area contributed by atoms with E-state index in [1.165, 1.54) is 148 Å². The van der Waals surface area contributed by atoms with E-state index in [0.29, 0.717) is 25.7 Å². The first-order valence-electron chi connectivity index (χ1n) is 39.9. The fourth-order valence-electron chi connectivity index (χ4n) is 11.1. The molecule has 0 saturated carbocycles. The van der Waals surface area contributed by atoms with Gasteiger partial charge in [0.05, 0.1) is 26.4 Å². The summed E-state index contributed by atoms with van der Waals surface area (Å²) in [6, 6.07) is 0. The minimum atomic E-state index is -4.97. The van der Waals surface area contributed by atoms with Crippen LogP contribution in [0.5, 0.6) is 0 Å². The van der Waals surface area contributed by atoms with Crippen LogP contribution in [0.1, 0.15) is 374 Å². The van der Waals surface area contributed by atoms with Crippen molar-refractivity contribution < 1.29 is 80.2 Å². The third-order valence-corrected chi connectivity index (χ3v) is 19.2. The molecule has 0 aliphatic heterocycles. The van der Waals surface area contributed by atoms with Crippen LogP contribution >= 0.6 is 15.6 Å². The molecule has 5 atom stereocenters. The number of phosphoric ester groups is 2. The molecule has 19 heteroatoms. The van der Waals surface area contributed by atoms with Gasteiger partial charge >= 0.3 is 39.5 Å². The fraction of sp³-hybridized carbons (Fsp3) is 0.848. The smallest absolute Gasteiger partial charge is 0.462 e. The lowest BCUT2D eigenvalue weighted by Gasteiger charge is -2.21. The Balaban J connectivity index is 5.33. The van der Waals surface area contributed by atoms with Gasteiger partial charge in [0.2, 0.25) is 0 Å². The zero-order chi connectivity index (χ0) is 71.8. The monoisotopic (exact) mass is 1430 g/mol. The quantitative estimate of drug-likeness (QED) is 0.0169. The number of unbranched alkanes of at least 4 members (excludes halogenated alkanes) is 42. The Bertz CT molecular complexity index is 2050. The van der Waals surface area contributed by atoms with Crippen molar-refractivity contribution in [3.05, 3.63) is 48.6 Å². The summed E-state index contributed by atoms with van der Waals surface area (Å²) in [6.45, 7) is 4.88. The summed E-state index contributed by atoms with van der Waals surface area (Å²) in [5.41, 5.74) is 0. The Morgan fingerprint density at radius 2 is 0.500 bits per heavy atom. The van der Waals surface area contributed by atoms with Gasteiger partial charge in [-0.05, 0) is 109 Å². The third-order valence-electron chi connectivity index (χ3n) is 17.3. The topological polar surface area (TPSA) is 237 Å². The highest BCUT2D eigenvalue weighted by Crippen LogP contribution is 2.45. The average Bonchev–Trinajstić information content (AvgIpc) is 1.04. The zero-order valence-electron chi connectivity index (χ0n) is 62.7. The molecular weight excluding hydrogens is 1280 g/mol. The summed E-state index contributed by atoms with van der Waals surface area (Å²) in [5.74, 6) is -2.17. The largest absolute Gasteiger partial charge is 0.472 e. The highest BCUT2D eigenvalue weighted by Gasteiger charge is 2.30. The molecule has 0 spiro atoms. The molecular formula is C79H146O17P2. The van der Waals surface area contributed by atoms with Crippen LogP contribution < -0.4 is 0 Å². The predicted octanol–water partition coefficient (Wildman–Crippen LogP) is 22.9. The normalized spacial score (nSPS) is 14.2. The molecule has 0 radical (unpaired) electrons. The number of carbonyl (C=O) groups excluding carboxylic acids is 4. The Hall–Kier alpha value is -2.98. The molecule has 98 heavy (non-hydrogen) atoms. The summed E-state index contributed by atoms with van der Waals surface area (Å²) >= 11 is 0. The number of hydrogen-bond donors (Lipinski definition) is 3. The number of aliphatic hydroxyl groups is 1. The van der Waals surface area contributed by atoms with Crippen LogP contribution in [0.2, 0.25) is 0 Å². The number of carbonyl (C=O) groups is 4. The van der Waals surface area contributed by atoms with Gasteiger partial charge in [0, 0.05) is 25.7 Å². The summed E-state index contributed by atoms with van der Waals surface area (Å²) in [6.07, 6.45) is 69.4. The lowest BCUT2D eigenvalue weighted by Crippen LogP contribution is -2.30. The van der Waals surface area contributed by atoms with Crippen LogP contribution in [0.15, 0.2) is 48.6 Å². The first kappa shape index (κ1) is 95.0. The van der Waals surface area contributed by atoms with Gasteiger partial charge in [0.15, 0.2) is 12.2 Å². The number of rotatable bonds is 76. The number of allylic oxidation sites excluding steroid dienone is 8. The maximum absolute atomic E-state index is 13.1. The molecule has 0 aromatic carbocycles. The second-order valence-corrected chi connectivity index (χ2v) is 29.9. The number of ether oxygens (including phenoxy) is 4. The van der Waals surface area contributed by atoms with Gasteiger partial charge in [-0.2, -0.15) is 0 Å². The molecule has 0 aliphatic carbocycles. The van der Waals surface area contributed by atoms with Crippen LogP contribution in [-0.2, 0) is 65.4 Å². The van der Waals surface area contributed by atoms with Gasteiger partial charge in [0.25, 0.3) is 0 Å². The summed E-state index contributed by atoms with van der Waals surface area (Å²) in [5, 5.41) is 10.6. The Morgan fingerprint density at radius 1 is 0.286 bits per heavy atom. The van der Waals surface area contributed by atoms with Crippen molar-refractivity contribution in [1.82, 2.24) is 0 Å². The van der Waals surface area contributed by atoms with E-state index in [0.717, 1.165) is 148 Å². The van der Waals surface area contributed by atoms with Gasteiger partial charge in [-0.15, -0.1) is 0 Å². The second-order valence-electron chi connectivity index (χ2n) is 27.0. The van der Waals surface area contributed by atoms with Crippen LogP contribution in [0.25, 0.3) is 0 Å². The van der Waals surface area contributed by atoms with Crippen molar-refractivity contribution >= 4 is 39.5 Å². The maximum Gasteiger partial charge on any atom is 0.472 e. The lowest BCUT2D eigenvalue weighted by molar-refractivity contribution is -0.161. The van der Waals surface area contributed by atoms with E-state index in [4.69, 9.17) is 37.0 Å². The molecule has 0 saturated heterocycles. The highest BCUT2D eigenvalue weighted by molar-refractivity contribution is 7.47. The number of esters is 4. The van der Waals surface area contributed by atoms with Gasteiger partial charge in [-0.3, -0.25) is 37.3 Å². The number of phosphoric acid groups is 2.